The average Bonchev–Trinajstić information content (AvgIpc) is 1.55. The van der Waals surface area contributed by atoms with Crippen LogP contribution in [0.3, 0.4) is 0 Å². The van der Waals surface area contributed by atoms with Crippen molar-refractivity contribution in [1.29, 1.82) is 0 Å². The number of hydrogen-bond donors (Lipinski definition) is 0. The predicted octanol–water partition coefficient (Wildman–Crippen LogP) is 37.9. The maximum Gasteiger partial charge on any atom is 0.0518 e. The molecule has 710 valence electrons. The zero-order valence-corrected chi connectivity index (χ0v) is 86.7. The van der Waals surface area contributed by atoms with Crippen molar-refractivity contribution in [3.8, 4) is 44.5 Å². The van der Waals surface area contributed by atoms with E-state index in [1.165, 1.54) is 192 Å². The van der Waals surface area contributed by atoms with Gasteiger partial charge in [0.2, 0.25) is 0 Å². The molecule has 0 saturated carbocycles. The van der Waals surface area contributed by atoms with Gasteiger partial charge in [-0.1, -0.05) is 471 Å². The molecule has 0 spiro atoms. The van der Waals surface area contributed by atoms with Crippen LogP contribution in [-0.4, -0.2) is 13.7 Å². The van der Waals surface area contributed by atoms with Crippen molar-refractivity contribution >= 4 is 97.7 Å². The van der Waals surface area contributed by atoms with E-state index in [2.05, 4.69) is 459 Å². The van der Waals surface area contributed by atoms with Gasteiger partial charge in [-0.2, -0.15) is 0 Å². The Hall–Kier alpha value is -15.4. The zero-order chi connectivity index (χ0) is 106. The second-order valence-corrected chi connectivity index (χ2v) is 41.0. The van der Waals surface area contributed by atoms with E-state index in [0.29, 0.717) is 0 Å². The maximum absolute atomic E-state index is 8.02. The summed E-state index contributed by atoms with van der Waals surface area (Å²) in [5.74, 6) is 0. The molecule has 3 heteroatoms. The molecule has 4 aliphatic carbocycles. The highest BCUT2D eigenvalue weighted by atomic mass is 14.9. The summed E-state index contributed by atoms with van der Waals surface area (Å²) in [6.07, 6.45) is 0. The summed E-state index contributed by atoms with van der Waals surface area (Å²) in [4.78, 5) is 0. The van der Waals surface area contributed by atoms with Crippen molar-refractivity contribution in [1.82, 2.24) is 13.7 Å². The number of hydrogen-bond acceptors (Lipinski definition) is 0. The van der Waals surface area contributed by atoms with Gasteiger partial charge >= 0.3 is 0 Å². The number of rotatable bonds is 0. The molecule has 3 nitrogen and oxygen atoms in total. The fourth-order valence-electron chi connectivity index (χ4n) is 22.4. The minimum Gasteiger partial charge on any atom is -0.344 e. The van der Waals surface area contributed by atoms with Crippen LogP contribution in [0.25, 0.3) is 142 Å². The molecule has 3 aromatic heterocycles. The van der Waals surface area contributed by atoms with E-state index in [9.17, 15) is 0 Å². The van der Waals surface area contributed by atoms with Gasteiger partial charge < -0.3 is 13.7 Å². The molecule has 0 radical (unpaired) electrons. The molecular formula is C140H135N3. The van der Waals surface area contributed by atoms with E-state index in [4.69, 9.17) is 8.22 Å². The zero-order valence-electron chi connectivity index (χ0n) is 92.7. The molecule has 0 saturated heterocycles. The minimum atomic E-state index is -2.06. The van der Waals surface area contributed by atoms with Gasteiger partial charge in [0.25, 0.3) is 0 Å². The van der Waals surface area contributed by atoms with E-state index < -0.39 is 24.5 Å². The van der Waals surface area contributed by atoms with Crippen LogP contribution >= 0.6 is 0 Å². The smallest absolute Gasteiger partial charge is 0.0518 e. The summed E-state index contributed by atoms with van der Waals surface area (Å²) in [6, 6.07) is 147. The molecule has 27 rings (SSSR count). The predicted molar refractivity (Wildman–Crippen MR) is 621 cm³/mol. The van der Waals surface area contributed by atoms with Crippen LogP contribution in [0.2, 0.25) is 0 Å². The molecule has 3 heterocycles. The number of aryl methyl sites for hydroxylation is 14. The van der Waals surface area contributed by atoms with E-state index in [-0.39, 0.29) is 10.8 Å². The van der Waals surface area contributed by atoms with Crippen LogP contribution < -0.4 is 0 Å². The van der Waals surface area contributed by atoms with Crippen molar-refractivity contribution in [3.63, 3.8) is 0 Å². The molecule has 20 aromatic carbocycles. The average molecular weight is 1870 g/mol. The molecule has 4 aliphatic rings. The fourth-order valence-corrected chi connectivity index (χ4v) is 22.4. The molecule has 0 N–H and O–H groups in total. The molecule has 143 heavy (non-hydrogen) atoms. The quantitative estimate of drug-likeness (QED) is 0.144. The third-order valence-electron chi connectivity index (χ3n) is 29.9. The lowest BCUT2D eigenvalue weighted by molar-refractivity contribution is 0.655. The van der Waals surface area contributed by atoms with Crippen molar-refractivity contribution in [3.05, 3.63) is 524 Å². The van der Waals surface area contributed by atoms with E-state index in [0.717, 1.165) is 55.6 Å². The van der Waals surface area contributed by atoms with Crippen molar-refractivity contribution in [2.45, 2.75) is 153 Å². The third kappa shape index (κ3) is 19.4. The van der Waals surface area contributed by atoms with Gasteiger partial charge in [-0.15, -0.1) is 0 Å². The Bertz CT molecular complexity index is 8900. The number of para-hydroxylation sites is 4. The highest BCUT2D eigenvalue weighted by Crippen LogP contribution is 2.54. The number of fused-ring (bicyclic) bond motifs is 24. The van der Waals surface area contributed by atoms with Crippen LogP contribution in [-0.2, 0) is 42.8 Å². The highest BCUT2D eigenvalue weighted by Gasteiger charge is 2.39. The van der Waals surface area contributed by atoms with Gasteiger partial charge in [0.15, 0.2) is 0 Å². The van der Waals surface area contributed by atoms with Crippen molar-refractivity contribution in [2.75, 3.05) is 0 Å². The van der Waals surface area contributed by atoms with Gasteiger partial charge in [-0.25, -0.2) is 0 Å². The van der Waals surface area contributed by atoms with E-state index in [1.807, 2.05) is 113 Å². The SMILES string of the molecule is Cc1ccc2c(c1)-c1ccccc1C2(C)C.Cc1ccc2c(c1)c1ccccc1n2C.Cc1ccc2c3ccccc3n(C)c2c1.Cc1ccc2cc(C)ccc2c1.Cc1ccc2ccccc2c1.Cc1cccc2c1-c1ccccc1C2(C)C.Cc1cccc2c3ccccc3n(C)c12.Cc1cccc2ccccc12.[2H]C([2H])([2H])C1(C)c2ccccc2-c2ccc(C)cc21.[2H]C([2H])([2H])C1(C)c2ccccc2-c2cccc(C)c21. The summed E-state index contributed by atoms with van der Waals surface area (Å²) in [6.45, 7) is 32.1. The number of nitrogens with zero attached hydrogens (tertiary/aromatic N) is 3. The van der Waals surface area contributed by atoms with Gasteiger partial charge in [0.05, 0.1) is 5.52 Å². The Labute approximate surface area is 857 Å². The molecule has 0 bridgehead atoms. The molecule has 2 unspecified atom stereocenters. The van der Waals surface area contributed by atoms with Crippen LogP contribution in [0.1, 0.15) is 169 Å². The monoisotopic (exact) mass is 1860 g/mol. The fraction of sp³-hybridized carbons (Fsp3) is 0.186. The lowest BCUT2D eigenvalue weighted by Crippen LogP contribution is -2.16. The second-order valence-electron chi connectivity index (χ2n) is 41.0. The largest absolute Gasteiger partial charge is 0.344 e. The summed E-state index contributed by atoms with van der Waals surface area (Å²) >= 11 is 0. The minimum absolute atomic E-state index is 0.151. The Morgan fingerprint density at radius 2 is 0.524 bits per heavy atom. The summed E-state index contributed by atoms with van der Waals surface area (Å²) in [5, 5.41) is 16.1. The molecular weight excluding hydrogens is 1720 g/mol. The first kappa shape index (κ1) is 90.2. The maximum atomic E-state index is 8.02. The van der Waals surface area contributed by atoms with Gasteiger partial charge in [-0.05, 0) is 262 Å². The lowest BCUT2D eigenvalue weighted by Gasteiger charge is -2.23. The first-order chi connectivity index (χ1) is 71.3. The number of aromatic nitrogens is 3. The molecule has 23 aromatic rings. The molecule has 0 aliphatic heterocycles. The van der Waals surface area contributed by atoms with Crippen LogP contribution in [0, 0.1) is 76.2 Å². The normalized spacial score (nSPS) is 15.2. The second kappa shape index (κ2) is 40.7. The van der Waals surface area contributed by atoms with Crippen molar-refractivity contribution < 1.29 is 8.22 Å². The van der Waals surface area contributed by atoms with Crippen LogP contribution in [0.15, 0.2) is 419 Å². The summed E-state index contributed by atoms with van der Waals surface area (Å²) < 4.78 is 54.8. The molecule has 0 amide bonds. The topological polar surface area (TPSA) is 14.8 Å². The first-order valence-electron chi connectivity index (χ1n) is 53.3. The van der Waals surface area contributed by atoms with Gasteiger partial charge in [0.1, 0.15) is 0 Å². The standard InChI is InChI=1S/4C16H16.3C14H13N.C12H12.2C11H10/c1-11-7-6-9-13-12-8-4-5-10-14(12)16(2,3)15(11)13;1-11-7-6-10-14-15(11)12-8-4-5-9-13(12)16(14,2)3;1-11-8-9-15-13(10-11)12-6-4-5-7-14(12)16(15,2)3;1-11-8-9-13-12-6-4-5-7-14(12)16(2,3)15(13)10-11;1-10-6-5-8-12-11-7-3-4-9-13(11)15(2)14(10)12;1-10-7-8-14-12(9-10)11-5-3-4-6-13(11)15(14)2;1-10-7-8-12-11-5-3-4-6-13(11)15(2)14(12)9-10;1-9-3-5-12-8-10(2)4-6-11(12)7-9;1-9-5-4-7-10-6-2-3-8-11(9)10;1-9-6-7-10-4-2-3-5-11(10)8-9/h4*4-10H,1-3H3;3*3-9H,1-2H3;3-8H,1-2H3;2*2-8H,1H3/i2D3;;;2D3;;;;;;. The Balaban J connectivity index is 0.000000109. The molecule has 0 fully saturated rings. The molecule has 2 atom stereocenters. The Morgan fingerprint density at radius 1 is 0.182 bits per heavy atom. The van der Waals surface area contributed by atoms with E-state index in [1.54, 1.807) is 0 Å². The van der Waals surface area contributed by atoms with Gasteiger partial charge in [0, 0.05) is 111 Å². The Kier molecular flexibility index (Phi) is 25.6. The first-order valence-corrected chi connectivity index (χ1v) is 50.3. The highest BCUT2D eigenvalue weighted by molar-refractivity contribution is 6.11. The van der Waals surface area contributed by atoms with Gasteiger partial charge in [-0.3, -0.25) is 0 Å². The number of benzene rings is 20. The third-order valence-corrected chi connectivity index (χ3v) is 29.9. The summed E-state index contributed by atoms with van der Waals surface area (Å²) in [5.41, 5.74) is 40.0. The van der Waals surface area contributed by atoms with Crippen molar-refractivity contribution in [2.24, 2.45) is 21.1 Å². The van der Waals surface area contributed by atoms with E-state index >= 15 is 0 Å². The lowest BCUT2D eigenvalue weighted by atomic mass is 9.80. The van der Waals surface area contributed by atoms with Crippen LogP contribution in [0.4, 0.5) is 0 Å². The Morgan fingerprint density at radius 3 is 1.15 bits per heavy atom. The van der Waals surface area contributed by atoms with Crippen LogP contribution in [0.5, 0.6) is 0 Å². The summed E-state index contributed by atoms with van der Waals surface area (Å²) in [7, 11) is 6.39.